The lowest BCUT2D eigenvalue weighted by Gasteiger charge is -2.44. The van der Waals surface area contributed by atoms with Crippen molar-refractivity contribution >= 4 is 25.7 Å². The van der Waals surface area contributed by atoms with Crippen LogP contribution in [0.1, 0.15) is 252 Å². The molecule has 0 bridgehead atoms. The van der Waals surface area contributed by atoms with Crippen molar-refractivity contribution in [1.29, 1.82) is 0 Å². The third kappa shape index (κ3) is 31.9. The molecule has 0 aromatic rings. The zero-order valence-corrected chi connectivity index (χ0v) is 40.0. The van der Waals surface area contributed by atoms with E-state index in [1.54, 1.807) is 0 Å². The Morgan fingerprint density at radius 1 is 0.492 bits per heavy atom. The highest BCUT2D eigenvalue weighted by atomic mass is 31.2. The lowest BCUT2D eigenvalue weighted by atomic mass is 9.95. The Bertz CT molecular complexity index is 1120. The van der Waals surface area contributed by atoms with Gasteiger partial charge in [-0.3, -0.25) is 18.9 Å². The molecule has 61 heavy (non-hydrogen) atoms. The largest absolute Gasteiger partial charge is 0.472 e. The molecule has 0 radical (unpaired) electrons. The highest BCUT2D eigenvalue weighted by molar-refractivity contribution is 7.46. The molecule has 2 unspecified atom stereocenters. The SMILES string of the molecule is CCCCCCCCCCCCCC(=O)NC1[C@H](OP(=O)(O)O)OC(CO)[C@@H](OC(=O)CCCCCCCCCCCCC)[C@@H]1OC(=O)CCCCCCCCCCCCC. The molecule has 0 aromatic heterocycles. The summed E-state index contributed by atoms with van der Waals surface area (Å²) in [5.74, 6) is -1.62. The smallest absolute Gasteiger partial charge is 0.456 e. The first-order valence-corrected chi connectivity index (χ1v) is 26.8. The monoisotopic (exact) mass is 890 g/mol. The number of ether oxygens (including phenoxy) is 3. The molecule has 1 aliphatic heterocycles. The van der Waals surface area contributed by atoms with Gasteiger partial charge in [0.05, 0.1) is 6.61 Å². The second-order valence-electron chi connectivity index (χ2n) is 17.7. The summed E-state index contributed by atoms with van der Waals surface area (Å²) >= 11 is 0. The lowest BCUT2D eigenvalue weighted by Crippen LogP contribution is -2.66. The van der Waals surface area contributed by atoms with Crippen LogP contribution < -0.4 is 5.32 Å². The van der Waals surface area contributed by atoms with Gasteiger partial charge in [0.1, 0.15) is 12.1 Å². The van der Waals surface area contributed by atoms with Crippen LogP contribution in [0.2, 0.25) is 0 Å². The van der Waals surface area contributed by atoms with Crippen molar-refractivity contribution in [2.45, 2.75) is 283 Å². The Morgan fingerprint density at radius 3 is 1.13 bits per heavy atom. The molecular weight excluding hydrogens is 797 g/mol. The Hall–Kier alpha value is -1.56. The highest BCUT2D eigenvalue weighted by Gasteiger charge is 2.52. The Labute approximate surface area is 371 Å². The van der Waals surface area contributed by atoms with Crippen molar-refractivity contribution in [3.05, 3.63) is 0 Å². The number of esters is 2. The average Bonchev–Trinajstić information content (AvgIpc) is 3.22. The van der Waals surface area contributed by atoms with Crippen LogP contribution >= 0.6 is 7.82 Å². The molecule has 1 rings (SSSR count). The summed E-state index contributed by atoms with van der Waals surface area (Å²) < 4.78 is 34.8. The molecule has 1 heterocycles. The molecule has 0 saturated carbocycles. The number of phosphoric ester groups is 1. The summed E-state index contributed by atoms with van der Waals surface area (Å²) in [4.78, 5) is 59.7. The van der Waals surface area contributed by atoms with Crippen molar-refractivity contribution in [3.8, 4) is 0 Å². The van der Waals surface area contributed by atoms with E-state index >= 15 is 0 Å². The maximum Gasteiger partial charge on any atom is 0.472 e. The molecular formula is C48H92NO11P. The zero-order valence-electron chi connectivity index (χ0n) is 39.1. The Balaban J connectivity index is 2.91. The van der Waals surface area contributed by atoms with Gasteiger partial charge in [0.15, 0.2) is 18.5 Å². The highest BCUT2D eigenvalue weighted by Crippen LogP contribution is 2.41. The molecule has 1 aliphatic rings. The Morgan fingerprint density at radius 2 is 0.803 bits per heavy atom. The Kier molecular flexibility index (Phi) is 36.6. The summed E-state index contributed by atoms with van der Waals surface area (Å²) in [7, 11) is -5.19. The predicted octanol–water partition coefficient (Wildman–Crippen LogP) is 12.2. The van der Waals surface area contributed by atoms with Crippen LogP contribution in [0.25, 0.3) is 0 Å². The van der Waals surface area contributed by atoms with E-state index in [9.17, 15) is 33.8 Å². The summed E-state index contributed by atoms with van der Waals surface area (Å²) in [5.41, 5.74) is 0. The molecule has 1 fully saturated rings. The molecule has 1 amide bonds. The van der Waals surface area contributed by atoms with E-state index in [1.807, 2.05) is 0 Å². The number of aliphatic hydroxyl groups excluding tert-OH is 1. The zero-order chi connectivity index (χ0) is 44.8. The second kappa shape index (κ2) is 38.9. The first-order valence-electron chi connectivity index (χ1n) is 25.2. The summed E-state index contributed by atoms with van der Waals surface area (Å²) in [6, 6.07) is -1.42. The van der Waals surface area contributed by atoms with Crippen LogP contribution in [0.5, 0.6) is 0 Å². The molecule has 12 nitrogen and oxygen atoms in total. The summed E-state index contributed by atoms with van der Waals surface area (Å²) in [5, 5.41) is 13.1. The van der Waals surface area contributed by atoms with Crippen LogP contribution in [0.3, 0.4) is 0 Å². The third-order valence-corrected chi connectivity index (χ3v) is 12.4. The van der Waals surface area contributed by atoms with Crippen LogP contribution in [-0.2, 0) is 37.7 Å². The van der Waals surface area contributed by atoms with E-state index in [0.29, 0.717) is 19.3 Å². The first kappa shape index (κ1) is 57.5. The number of hydrogen-bond acceptors (Lipinski definition) is 9. The van der Waals surface area contributed by atoms with Gasteiger partial charge in [-0.25, -0.2) is 4.57 Å². The minimum Gasteiger partial charge on any atom is -0.456 e. The van der Waals surface area contributed by atoms with Gasteiger partial charge in [-0.15, -0.1) is 0 Å². The standard InChI is InChI=1S/C48H92NO11P/c1-4-7-10-13-16-19-22-25-28-31-34-37-42(51)49-45-47(59-44(53)39-36-33-30-27-24-21-18-15-12-9-6-3)46(41(40-50)57-48(45)60-61(54,55)56)58-43(52)38-35-32-29-26-23-20-17-14-11-8-5-2/h41,45-48,50H,4-40H2,1-3H3,(H,49,51)(H2,54,55,56)/t41?,45?,46-,47-,48+/m1/s1. The molecule has 4 N–H and O–H groups in total. The number of carbonyl (C=O) groups excluding carboxylic acids is 3. The molecule has 360 valence electrons. The minimum atomic E-state index is -5.19. The maximum atomic E-state index is 13.4. The van der Waals surface area contributed by atoms with Gasteiger partial charge in [0.2, 0.25) is 5.91 Å². The quantitative estimate of drug-likeness (QED) is 0.0260. The molecule has 5 atom stereocenters. The summed E-state index contributed by atoms with van der Waals surface area (Å²) in [6.07, 6.45) is 31.2. The van der Waals surface area contributed by atoms with E-state index in [4.69, 9.17) is 18.7 Å². The maximum absolute atomic E-state index is 13.4. The van der Waals surface area contributed by atoms with E-state index < -0.39 is 62.9 Å². The second-order valence-corrected chi connectivity index (χ2v) is 18.9. The van der Waals surface area contributed by atoms with Crippen molar-refractivity contribution in [1.82, 2.24) is 5.32 Å². The van der Waals surface area contributed by atoms with Gasteiger partial charge < -0.3 is 34.4 Å². The van der Waals surface area contributed by atoms with E-state index in [0.717, 1.165) is 70.6 Å². The predicted molar refractivity (Wildman–Crippen MR) is 244 cm³/mol. The van der Waals surface area contributed by atoms with E-state index in [2.05, 4.69) is 26.1 Å². The summed E-state index contributed by atoms with van der Waals surface area (Å²) in [6.45, 7) is 5.93. The lowest BCUT2D eigenvalue weighted by molar-refractivity contribution is -0.259. The third-order valence-electron chi connectivity index (χ3n) is 11.9. The van der Waals surface area contributed by atoms with Crippen molar-refractivity contribution in [2.75, 3.05) is 6.61 Å². The number of nitrogens with one attached hydrogen (secondary N) is 1. The van der Waals surface area contributed by atoms with Gasteiger partial charge in [-0.2, -0.15) is 0 Å². The molecule has 13 heteroatoms. The van der Waals surface area contributed by atoms with Crippen molar-refractivity contribution < 1.29 is 52.6 Å². The molecule has 0 spiro atoms. The minimum absolute atomic E-state index is 0.0704. The number of phosphoric acid groups is 1. The molecule has 0 aromatic carbocycles. The number of hydrogen-bond donors (Lipinski definition) is 4. The van der Waals surface area contributed by atoms with Gasteiger partial charge in [-0.05, 0) is 19.3 Å². The number of rotatable bonds is 42. The fraction of sp³-hybridized carbons (Fsp3) is 0.938. The fourth-order valence-electron chi connectivity index (χ4n) is 8.21. The van der Waals surface area contributed by atoms with Crippen LogP contribution in [0.15, 0.2) is 0 Å². The van der Waals surface area contributed by atoms with Gasteiger partial charge >= 0.3 is 19.8 Å². The van der Waals surface area contributed by atoms with Crippen LogP contribution in [0.4, 0.5) is 0 Å². The number of aliphatic hydroxyl groups is 1. The first-order chi connectivity index (χ1) is 29.6. The average molecular weight is 890 g/mol. The van der Waals surface area contributed by atoms with Crippen LogP contribution in [-0.4, -0.2) is 70.0 Å². The molecule has 0 aliphatic carbocycles. The van der Waals surface area contributed by atoms with E-state index in [-0.39, 0.29) is 19.3 Å². The number of unbranched alkanes of at least 4 members (excludes halogenated alkanes) is 30. The van der Waals surface area contributed by atoms with E-state index in [1.165, 1.54) is 122 Å². The van der Waals surface area contributed by atoms with Gasteiger partial charge in [-0.1, -0.05) is 213 Å². The van der Waals surface area contributed by atoms with Gasteiger partial charge in [0.25, 0.3) is 0 Å². The topological polar surface area (TPSA) is 178 Å². The van der Waals surface area contributed by atoms with Crippen molar-refractivity contribution in [3.63, 3.8) is 0 Å². The normalized spacial score (nSPS) is 19.2. The van der Waals surface area contributed by atoms with Crippen molar-refractivity contribution in [2.24, 2.45) is 0 Å². The molecule has 1 saturated heterocycles. The number of carbonyl (C=O) groups is 3. The van der Waals surface area contributed by atoms with Crippen LogP contribution in [0, 0.1) is 0 Å². The number of amides is 1. The van der Waals surface area contributed by atoms with Gasteiger partial charge in [0, 0.05) is 19.3 Å². The fourth-order valence-corrected chi connectivity index (χ4v) is 8.66.